The first-order chi connectivity index (χ1) is 8.63. The fourth-order valence-corrected chi connectivity index (χ4v) is 2.79. The van der Waals surface area contributed by atoms with Gasteiger partial charge >= 0.3 is 0 Å². The summed E-state index contributed by atoms with van der Waals surface area (Å²) in [6.45, 7) is 4.20. The average molecular weight is 258 g/mol. The van der Waals surface area contributed by atoms with Gasteiger partial charge in [0.05, 0.1) is 0 Å². The summed E-state index contributed by atoms with van der Waals surface area (Å²) in [7, 11) is 0. The minimum absolute atomic E-state index is 0.206. The molecule has 0 aliphatic heterocycles. The number of hydrogen-bond donors (Lipinski definition) is 1. The maximum Gasteiger partial charge on any atom is 0.132 e. The molecule has 0 amide bonds. The summed E-state index contributed by atoms with van der Waals surface area (Å²) in [6.07, 6.45) is 1.99. The van der Waals surface area contributed by atoms with Crippen LogP contribution in [0.2, 0.25) is 0 Å². The molecule has 2 aromatic carbocycles. The normalized spacial score (nSPS) is 12.4. The zero-order valence-electron chi connectivity index (χ0n) is 11.0. The van der Waals surface area contributed by atoms with E-state index in [2.05, 4.69) is 32.0 Å². The first-order valence-corrected chi connectivity index (χ1v) is 7.28. The van der Waals surface area contributed by atoms with Gasteiger partial charge in [0, 0.05) is 16.4 Å². The van der Waals surface area contributed by atoms with Crippen LogP contribution in [0.3, 0.4) is 0 Å². The monoisotopic (exact) mass is 258 g/mol. The molecule has 94 valence electrons. The Morgan fingerprint density at radius 2 is 1.78 bits per heavy atom. The number of phenolic OH excluding ortho intramolecular Hbond substituents is 1. The van der Waals surface area contributed by atoms with Gasteiger partial charge in [0.2, 0.25) is 0 Å². The topological polar surface area (TPSA) is 20.2 Å². The van der Waals surface area contributed by atoms with E-state index in [0.717, 1.165) is 10.5 Å². The first kappa shape index (κ1) is 13.0. The summed E-state index contributed by atoms with van der Waals surface area (Å²) in [5, 5.41) is 10.3. The highest BCUT2D eigenvalue weighted by Gasteiger charge is 2.15. The van der Waals surface area contributed by atoms with E-state index in [1.165, 1.54) is 11.1 Å². The molecular formula is C16H18OS. The Morgan fingerprint density at radius 1 is 1.11 bits per heavy atom. The molecule has 0 saturated heterocycles. The molecule has 2 aromatic rings. The molecule has 1 unspecified atom stereocenters. The fraction of sp³-hybridized carbons (Fsp3) is 0.250. The Kier molecular flexibility index (Phi) is 3.97. The van der Waals surface area contributed by atoms with Crippen LogP contribution in [0.5, 0.6) is 5.75 Å². The van der Waals surface area contributed by atoms with Crippen molar-refractivity contribution in [1.82, 2.24) is 0 Å². The van der Waals surface area contributed by atoms with Gasteiger partial charge in [-0.05, 0) is 30.4 Å². The van der Waals surface area contributed by atoms with Gasteiger partial charge in [-0.3, -0.25) is 0 Å². The van der Waals surface area contributed by atoms with E-state index >= 15 is 0 Å². The molecule has 0 aliphatic carbocycles. The highest BCUT2D eigenvalue weighted by molar-refractivity contribution is 7.98. The Labute approximate surface area is 113 Å². The molecule has 0 fully saturated rings. The quantitative estimate of drug-likeness (QED) is 0.813. The molecule has 1 nitrogen and oxygen atoms in total. The van der Waals surface area contributed by atoms with E-state index in [4.69, 9.17) is 0 Å². The second kappa shape index (κ2) is 5.49. The Bertz CT molecular complexity index is 534. The molecule has 0 saturated carbocycles. The zero-order chi connectivity index (χ0) is 13.1. The van der Waals surface area contributed by atoms with Crippen LogP contribution in [0.4, 0.5) is 0 Å². The summed E-state index contributed by atoms with van der Waals surface area (Å²) in [4.78, 5) is 0.952. The van der Waals surface area contributed by atoms with Crippen molar-refractivity contribution in [3.05, 3.63) is 59.2 Å². The molecule has 0 aromatic heterocycles. The lowest BCUT2D eigenvalue weighted by atomic mass is 9.91. The molecule has 0 bridgehead atoms. The van der Waals surface area contributed by atoms with Crippen LogP contribution < -0.4 is 0 Å². The highest BCUT2D eigenvalue weighted by atomic mass is 32.2. The summed E-state index contributed by atoms with van der Waals surface area (Å²) >= 11 is 1.59. The molecule has 18 heavy (non-hydrogen) atoms. The van der Waals surface area contributed by atoms with E-state index < -0.39 is 0 Å². The van der Waals surface area contributed by atoms with Crippen molar-refractivity contribution in [3.63, 3.8) is 0 Å². The minimum Gasteiger partial charge on any atom is -0.506 e. The third-order valence-corrected chi connectivity index (χ3v) is 3.99. The van der Waals surface area contributed by atoms with E-state index in [1.807, 2.05) is 30.5 Å². The lowest BCUT2D eigenvalue weighted by Crippen LogP contribution is -1.98. The molecule has 0 radical (unpaired) electrons. The molecular weight excluding hydrogens is 240 g/mol. The fourth-order valence-electron chi connectivity index (χ4n) is 2.18. The van der Waals surface area contributed by atoms with Gasteiger partial charge in [0.15, 0.2) is 0 Å². The lowest BCUT2D eigenvalue weighted by Gasteiger charge is -2.17. The van der Waals surface area contributed by atoms with Crippen LogP contribution in [0.1, 0.15) is 29.5 Å². The van der Waals surface area contributed by atoms with E-state index in [-0.39, 0.29) is 5.92 Å². The number of hydrogen-bond acceptors (Lipinski definition) is 2. The molecule has 0 aliphatic rings. The van der Waals surface area contributed by atoms with Gasteiger partial charge in [-0.1, -0.05) is 43.3 Å². The largest absolute Gasteiger partial charge is 0.506 e. The minimum atomic E-state index is 0.206. The molecule has 2 rings (SSSR count). The smallest absolute Gasteiger partial charge is 0.132 e. The van der Waals surface area contributed by atoms with Crippen LogP contribution >= 0.6 is 11.8 Å². The molecule has 0 spiro atoms. The van der Waals surface area contributed by atoms with Gasteiger partial charge in [-0.25, -0.2) is 0 Å². The maximum atomic E-state index is 10.3. The molecule has 0 heterocycles. The first-order valence-electron chi connectivity index (χ1n) is 6.06. The van der Waals surface area contributed by atoms with Crippen LogP contribution in [-0.4, -0.2) is 11.4 Å². The van der Waals surface area contributed by atoms with Crippen molar-refractivity contribution in [1.29, 1.82) is 0 Å². The zero-order valence-corrected chi connectivity index (χ0v) is 11.8. The number of thioether (sulfide) groups is 1. The average Bonchev–Trinajstić information content (AvgIpc) is 2.41. The lowest BCUT2D eigenvalue weighted by molar-refractivity contribution is 0.453. The number of aryl methyl sites for hydroxylation is 1. The van der Waals surface area contributed by atoms with Crippen molar-refractivity contribution in [3.8, 4) is 5.75 Å². The van der Waals surface area contributed by atoms with Gasteiger partial charge in [0.1, 0.15) is 5.75 Å². The van der Waals surface area contributed by atoms with Crippen LogP contribution in [0, 0.1) is 6.92 Å². The highest BCUT2D eigenvalue weighted by Crippen LogP contribution is 2.38. The van der Waals surface area contributed by atoms with Gasteiger partial charge in [-0.2, -0.15) is 0 Å². The van der Waals surface area contributed by atoms with Crippen molar-refractivity contribution in [2.45, 2.75) is 24.7 Å². The summed E-state index contributed by atoms with van der Waals surface area (Å²) in [5.41, 5.74) is 3.42. The van der Waals surface area contributed by atoms with Crippen molar-refractivity contribution in [2.24, 2.45) is 0 Å². The van der Waals surface area contributed by atoms with Crippen LogP contribution in [0.15, 0.2) is 47.4 Å². The Hall–Kier alpha value is -1.41. The standard InChI is InChI=1S/C16H18OS/c1-11-9-14(16(17)15(10-11)18-3)12(2)13-7-5-4-6-8-13/h4-10,12,17H,1-3H3. The van der Waals surface area contributed by atoms with E-state index in [1.54, 1.807) is 11.8 Å². The molecule has 1 atom stereocenters. The van der Waals surface area contributed by atoms with Crippen LogP contribution in [-0.2, 0) is 0 Å². The second-order valence-corrected chi connectivity index (χ2v) is 5.39. The van der Waals surface area contributed by atoms with Gasteiger partial charge in [0.25, 0.3) is 0 Å². The predicted octanol–water partition coefficient (Wildman–Crippen LogP) is 4.57. The Morgan fingerprint density at radius 3 is 2.39 bits per heavy atom. The number of rotatable bonds is 3. The molecule has 1 N–H and O–H groups in total. The second-order valence-electron chi connectivity index (χ2n) is 4.54. The number of aromatic hydroxyl groups is 1. The molecule has 2 heteroatoms. The SMILES string of the molecule is CSc1cc(C)cc(C(C)c2ccccc2)c1O. The number of benzene rings is 2. The van der Waals surface area contributed by atoms with Gasteiger partial charge < -0.3 is 5.11 Å². The van der Waals surface area contributed by atoms with E-state index in [9.17, 15) is 5.11 Å². The third kappa shape index (κ3) is 2.54. The maximum absolute atomic E-state index is 10.3. The summed E-state index contributed by atoms with van der Waals surface area (Å²) in [6, 6.07) is 14.4. The summed E-state index contributed by atoms with van der Waals surface area (Å²) in [5.74, 6) is 0.626. The van der Waals surface area contributed by atoms with Crippen molar-refractivity contribution in [2.75, 3.05) is 6.26 Å². The van der Waals surface area contributed by atoms with Gasteiger partial charge in [-0.15, -0.1) is 11.8 Å². The predicted molar refractivity (Wildman–Crippen MR) is 78.6 cm³/mol. The number of phenols is 1. The van der Waals surface area contributed by atoms with Crippen LogP contribution in [0.25, 0.3) is 0 Å². The van der Waals surface area contributed by atoms with E-state index in [0.29, 0.717) is 5.75 Å². The van der Waals surface area contributed by atoms with Crippen molar-refractivity contribution >= 4 is 11.8 Å². The Balaban J connectivity index is 2.48. The van der Waals surface area contributed by atoms with Crippen molar-refractivity contribution < 1.29 is 5.11 Å². The summed E-state index contributed by atoms with van der Waals surface area (Å²) < 4.78 is 0. The third-order valence-electron chi connectivity index (χ3n) is 3.23.